The monoisotopic (exact) mass is 264 g/mol. The van der Waals surface area contributed by atoms with Crippen LogP contribution in [0.15, 0.2) is 4.99 Å². The Balaban J connectivity index is 0. The van der Waals surface area contributed by atoms with Gasteiger partial charge in [0, 0.05) is 47.8 Å². The molecule has 0 bridgehead atoms. The Bertz CT molecular complexity index is 186. The van der Waals surface area contributed by atoms with Gasteiger partial charge in [0.2, 0.25) is 0 Å². The van der Waals surface area contributed by atoms with Crippen molar-refractivity contribution in [1.82, 2.24) is 15.1 Å². The van der Waals surface area contributed by atoms with Crippen LogP contribution < -0.4 is 5.32 Å². The second-order valence-electron chi connectivity index (χ2n) is 3.70. The summed E-state index contributed by atoms with van der Waals surface area (Å²) in [6, 6.07) is 0. The lowest BCUT2D eigenvalue weighted by Crippen LogP contribution is -2.33. The minimum Gasteiger partial charge on any atom is -0.395 e. The fraction of sp³-hybridized carbons (Fsp3) is 0.909. The minimum atomic E-state index is 0.0694. The highest BCUT2D eigenvalue weighted by Crippen LogP contribution is 1.84. The maximum Gasteiger partial charge on any atom is 0.192 e. The van der Waals surface area contributed by atoms with Crippen molar-refractivity contribution in [2.24, 2.45) is 4.99 Å². The first-order valence-corrected chi connectivity index (χ1v) is 5.94. The summed E-state index contributed by atoms with van der Waals surface area (Å²) in [5, 5.41) is 28.4. The molecule has 0 aromatic rings. The molecule has 0 saturated heterocycles. The van der Waals surface area contributed by atoms with Crippen LogP contribution in [0.25, 0.3) is 0 Å². The van der Waals surface area contributed by atoms with Crippen molar-refractivity contribution < 1.29 is 15.3 Å². The van der Waals surface area contributed by atoms with Gasteiger partial charge in [0.05, 0.1) is 19.8 Å². The van der Waals surface area contributed by atoms with Crippen LogP contribution in [0.1, 0.15) is 0 Å². The molecule has 0 rings (SSSR count). The van der Waals surface area contributed by atoms with Crippen LogP contribution >= 0.6 is 0 Å². The predicted molar refractivity (Wildman–Crippen MR) is 73.8 cm³/mol. The molecule has 7 heteroatoms. The highest BCUT2D eigenvalue weighted by Gasteiger charge is 2.00. The van der Waals surface area contributed by atoms with Gasteiger partial charge in [-0.2, -0.15) is 0 Å². The van der Waals surface area contributed by atoms with Gasteiger partial charge in [-0.1, -0.05) is 0 Å². The van der Waals surface area contributed by atoms with Gasteiger partial charge >= 0.3 is 0 Å². The highest BCUT2D eigenvalue weighted by molar-refractivity contribution is 5.78. The molecule has 0 aliphatic rings. The molecule has 4 N–H and O–H groups in total. The average molecular weight is 264 g/mol. The largest absolute Gasteiger partial charge is 0.395 e. The number of hydrogen-bond acceptors (Lipinski definition) is 5. The molecule has 0 unspecified atom stereocenters. The molecule has 0 heterocycles. The first-order valence-electron chi connectivity index (χ1n) is 5.94. The Hall–Kier alpha value is -0.890. The second kappa shape index (κ2) is 14.2. The number of hydrogen-bond donors (Lipinski definition) is 4. The van der Waals surface area contributed by atoms with Crippen molar-refractivity contribution in [3.05, 3.63) is 0 Å². The van der Waals surface area contributed by atoms with Gasteiger partial charge in [0.25, 0.3) is 0 Å². The van der Waals surface area contributed by atoms with Crippen LogP contribution in [0.3, 0.4) is 0 Å². The number of guanidine groups is 1. The summed E-state index contributed by atoms with van der Waals surface area (Å²) in [6.07, 6.45) is 0. The Labute approximate surface area is 110 Å². The van der Waals surface area contributed by atoms with Gasteiger partial charge in [0.15, 0.2) is 5.96 Å². The molecule has 110 valence electrons. The van der Waals surface area contributed by atoms with Gasteiger partial charge in [-0.05, 0) is 0 Å². The number of nitrogens with one attached hydrogen (secondary N) is 1. The molecular weight excluding hydrogens is 236 g/mol. The lowest BCUT2D eigenvalue weighted by Gasteiger charge is -2.17. The SMILES string of the molecule is CN=C(NC)N(C)C.OCCN(CCO)CCO. The Morgan fingerprint density at radius 2 is 1.39 bits per heavy atom. The summed E-state index contributed by atoms with van der Waals surface area (Å²) in [6.45, 7) is 1.75. The van der Waals surface area contributed by atoms with Gasteiger partial charge in [-0.15, -0.1) is 0 Å². The van der Waals surface area contributed by atoms with Crippen LogP contribution in [0, 0.1) is 0 Å². The van der Waals surface area contributed by atoms with E-state index < -0.39 is 0 Å². The van der Waals surface area contributed by atoms with Gasteiger partial charge in [-0.25, -0.2) is 0 Å². The van der Waals surface area contributed by atoms with E-state index in [9.17, 15) is 0 Å². The van der Waals surface area contributed by atoms with Gasteiger partial charge in [-0.3, -0.25) is 9.89 Å². The molecule has 0 radical (unpaired) electrons. The maximum atomic E-state index is 8.48. The standard InChI is InChI=1S/C6H15NO3.C5H13N3/c8-4-1-7(2-5-9)3-6-10;1-6-5(7-2)8(3)4/h8-10H,1-6H2;1-4H3,(H,6,7). The summed E-state index contributed by atoms with van der Waals surface area (Å²) in [5.41, 5.74) is 0. The molecule has 0 aliphatic heterocycles. The summed E-state index contributed by atoms with van der Waals surface area (Å²) in [7, 11) is 7.49. The number of aliphatic hydroxyl groups excluding tert-OH is 3. The highest BCUT2D eigenvalue weighted by atomic mass is 16.3. The Kier molecular flexibility index (Phi) is 15.3. The molecule has 0 fully saturated rings. The summed E-state index contributed by atoms with van der Waals surface area (Å²) < 4.78 is 0. The molecule has 18 heavy (non-hydrogen) atoms. The quantitative estimate of drug-likeness (QED) is 0.328. The topological polar surface area (TPSA) is 91.6 Å². The molecular formula is C11H28N4O3. The van der Waals surface area contributed by atoms with Crippen molar-refractivity contribution in [2.45, 2.75) is 0 Å². The van der Waals surface area contributed by atoms with Crippen molar-refractivity contribution in [3.8, 4) is 0 Å². The van der Waals surface area contributed by atoms with Crippen LogP contribution in [-0.2, 0) is 0 Å². The van der Waals surface area contributed by atoms with Crippen molar-refractivity contribution in [3.63, 3.8) is 0 Å². The Morgan fingerprint density at radius 3 is 1.50 bits per heavy atom. The first kappa shape index (κ1) is 19.4. The zero-order valence-corrected chi connectivity index (χ0v) is 11.9. The van der Waals surface area contributed by atoms with Crippen molar-refractivity contribution in [1.29, 1.82) is 0 Å². The summed E-state index contributed by atoms with van der Waals surface area (Å²) >= 11 is 0. The van der Waals surface area contributed by atoms with Crippen LogP contribution in [0.5, 0.6) is 0 Å². The van der Waals surface area contributed by atoms with Crippen LogP contribution in [0.2, 0.25) is 0 Å². The molecule has 0 atom stereocenters. The van der Waals surface area contributed by atoms with E-state index >= 15 is 0 Å². The van der Waals surface area contributed by atoms with E-state index in [0.29, 0.717) is 19.6 Å². The zero-order valence-electron chi connectivity index (χ0n) is 11.9. The lowest BCUT2D eigenvalue weighted by atomic mass is 10.4. The van der Waals surface area contributed by atoms with E-state index in [1.165, 1.54) is 0 Å². The second-order valence-corrected chi connectivity index (χ2v) is 3.70. The third-order valence-electron chi connectivity index (χ3n) is 2.11. The lowest BCUT2D eigenvalue weighted by molar-refractivity contribution is 0.136. The third-order valence-corrected chi connectivity index (χ3v) is 2.11. The molecule has 0 amide bonds. The number of rotatable bonds is 6. The van der Waals surface area contributed by atoms with E-state index in [2.05, 4.69) is 10.3 Å². The summed E-state index contributed by atoms with van der Waals surface area (Å²) in [4.78, 5) is 7.65. The van der Waals surface area contributed by atoms with E-state index in [0.717, 1.165) is 5.96 Å². The average Bonchev–Trinajstić information content (AvgIpc) is 2.32. The van der Waals surface area contributed by atoms with Crippen molar-refractivity contribution >= 4 is 5.96 Å². The van der Waals surface area contributed by atoms with E-state index in [1.807, 2.05) is 26.0 Å². The predicted octanol–water partition coefficient (Wildman–Crippen LogP) is -1.98. The number of aliphatic imine (C=N–C) groups is 1. The number of nitrogens with zero attached hydrogens (tertiary/aromatic N) is 3. The molecule has 0 aliphatic carbocycles. The fourth-order valence-electron chi connectivity index (χ4n) is 1.30. The zero-order chi connectivity index (χ0) is 14.4. The molecule has 0 aromatic carbocycles. The van der Waals surface area contributed by atoms with E-state index in [1.54, 1.807) is 11.9 Å². The smallest absolute Gasteiger partial charge is 0.192 e. The normalized spacial score (nSPS) is 11.0. The van der Waals surface area contributed by atoms with Gasteiger partial charge in [0.1, 0.15) is 0 Å². The first-order chi connectivity index (χ1) is 8.56. The van der Waals surface area contributed by atoms with E-state index in [-0.39, 0.29) is 19.8 Å². The molecule has 0 saturated carbocycles. The minimum absolute atomic E-state index is 0.0694. The molecule has 0 aromatic heterocycles. The van der Waals surface area contributed by atoms with Crippen molar-refractivity contribution in [2.75, 3.05) is 67.6 Å². The number of aliphatic hydroxyl groups is 3. The van der Waals surface area contributed by atoms with E-state index in [4.69, 9.17) is 15.3 Å². The third kappa shape index (κ3) is 11.6. The molecule has 7 nitrogen and oxygen atoms in total. The summed E-state index contributed by atoms with van der Waals surface area (Å²) in [5.74, 6) is 0.894. The maximum absolute atomic E-state index is 8.48. The van der Waals surface area contributed by atoms with Crippen LogP contribution in [-0.4, -0.2) is 98.7 Å². The van der Waals surface area contributed by atoms with Crippen LogP contribution in [0.4, 0.5) is 0 Å². The molecule has 0 spiro atoms. The van der Waals surface area contributed by atoms with Gasteiger partial charge < -0.3 is 25.5 Å². The Morgan fingerprint density at radius 1 is 1.00 bits per heavy atom. The fourth-order valence-corrected chi connectivity index (χ4v) is 1.30.